The fraction of sp³-hybridized carbons (Fsp3) is 0.455. The minimum absolute atomic E-state index is 0.228. The van der Waals surface area contributed by atoms with E-state index in [0.717, 1.165) is 0 Å². The molecular weight excluding hydrogens is 212 g/mol. The van der Waals surface area contributed by atoms with Crippen molar-refractivity contribution < 1.29 is 24.2 Å². The zero-order valence-electron chi connectivity index (χ0n) is 9.23. The highest BCUT2D eigenvalue weighted by molar-refractivity contribution is 5.91. The molecule has 0 heterocycles. The number of methoxy groups -OCH3 is 2. The van der Waals surface area contributed by atoms with Gasteiger partial charge in [-0.05, 0) is 18.1 Å². The summed E-state index contributed by atoms with van der Waals surface area (Å²) < 4.78 is 9.18. The van der Waals surface area contributed by atoms with Crippen LogP contribution in [0.3, 0.4) is 0 Å². The quantitative estimate of drug-likeness (QED) is 0.696. The van der Waals surface area contributed by atoms with Gasteiger partial charge in [-0.1, -0.05) is 6.08 Å². The molecule has 0 bridgehead atoms. The zero-order valence-corrected chi connectivity index (χ0v) is 9.23. The Morgan fingerprint density at radius 2 is 2.12 bits per heavy atom. The van der Waals surface area contributed by atoms with Crippen molar-refractivity contribution in [3.63, 3.8) is 0 Å². The summed E-state index contributed by atoms with van der Waals surface area (Å²) in [6, 6.07) is 0. The Morgan fingerprint density at radius 3 is 2.62 bits per heavy atom. The van der Waals surface area contributed by atoms with E-state index in [1.165, 1.54) is 20.3 Å². The highest BCUT2D eigenvalue weighted by Gasteiger charge is 2.25. The molecule has 1 N–H and O–H groups in total. The van der Waals surface area contributed by atoms with E-state index in [4.69, 9.17) is 5.11 Å². The van der Waals surface area contributed by atoms with E-state index in [1.807, 2.05) is 0 Å². The minimum atomic E-state index is -0.536. The van der Waals surface area contributed by atoms with Crippen LogP contribution in [-0.2, 0) is 19.1 Å². The summed E-state index contributed by atoms with van der Waals surface area (Å²) >= 11 is 0. The van der Waals surface area contributed by atoms with Crippen molar-refractivity contribution in [2.45, 2.75) is 6.42 Å². The van der Waals surface area contributed by atoms with Gasteiger partial charge >= 0.3 is 11.9 Å². The molecule has 0 fully saturated rings. The molecule has 0 saturated heterocycles. The molecule has 0 amide bonds. The van der Waals surface area contributed by atoms with E-state index < -0.39 is 17.9 Å². The Morgan fingerprint density at radius 1 is 1.44 bits per heavy atom. The predicted molar refractivity (Wildman–Crippen MR) is 55.4 cm³/mol. The van der Waals surface area contributed by atoms with Crippen LogP contribution in [-0.4, -0.2) is 37.9 Å². The SMILES string of the molecule is COC(=O)C1=CC(CO)=CC(C(=O)OC)C1. The van der Waals surface area contributed by atoms with Crippen LogP contribution in [0.5, 0.6) is 0 Å². The lowest BCUT2D eigenvalue weighted by molar-refractivity contribution is -0.144. The van der Waals surface area contributed by atoms with Crippen LogP contribution in [0.2, 0.25) is 0 Å². The number of rotatable bonds is 3. The van der Waals surface area contributed by atoms with Crippen LogP contribution in [0.4, 0.5) is 0 Å². The second kappa shape index (κ2) is 5.46. The van der Waals surface area contributed by atoms with Crippen LogP contribution in [0, 0.1) is 5.92 Å². The highest BCUT2D eigenvalue weighted by Crippen LogP contribution is 2.24. The number of aliphatic hydroxyl groups excluding tert-OH is 1. The van der Waals surface area contributed by atoms with Gasteiger partial charge in [-0.25, -0.2) is 4.79 Å². The average Bonchev–Trinajstić information content (AvgIpc) is 2.35. The van der Waals surface area contributed by atoms with Crippen molar-refractivity contribution in [1.29, 1.82) is 0 Å². The van der Waals surface area contributed by atoms with Gasteiger partial charge in [0.15, 0.2) is 0 Å². The molecule has 5 heteroatoms. The second-order valence-corrected chi connectivity index (χ2v) is 3.39. The zero-order chi connectivity index (χ0) is 12.1. The first kappa shape index (κ1) is 12.4. The number of hydrogen-bond donors (Lipinski definition) is 1. The van der Waals surface area contributed by atoms with Crippen molar-refractivity contribution in [1.82, 2.24) is 0 Å². The predicted octanol–water partition coefficient (Wildman–Crippen LogP) is 0.197. The first-order valence-electron chi connectivity index (χ1n) is 4.80. The molecule has 0 spiro atoms. The standard InChI is InChI=1S/C11H14O5/c1-15-10(13)8-3-7(6-12)4-9(5-8)11(14)16-2/h3-4,8,12H,5-6H2,1-2H3. The number of ether oxygens (including phenoxy) is 2. The smallest absolute Gasteiger partial charge is 0.333 e. The van der Waals surface area contributed by atoms with Gasteiger partial charge in [0.1, 0.15) is 0 Å². The van der Waals surface area contributed by atoms with Gasteiger partial charge in [-0.3, -0.25) is 4.79 Å². The number of carbonyl (C=O) groups is 2. The van der Waals surface area contributed by atoms with Gasteiger partial charge in [0.25, 0.3) is 0 Å². The van der Waals surface area contributed by atoms with Gasteiger partial charge in [-0.15, -0.1) is 0 Å². The Balaban J connectivity index is 2.91. The molecule has 1 aliphatic carbocycles. The maximum atomic E-state index is 11.4. The van der Waals surface area contributed by atoms with E-state index in [0.29, 0.717) is 11.1 Å². The molecule has 0 aromatic rings. The number of hydrogen-bond acceptors (Lipinski definition) is 5. The van der Waals surface area contributed by atoms with E-state index >= 15 is 0 Å². The van der Waals surface area contributed by atoms with Gasteiger partial charge in [-0.2, -0.15) is 0 Å². The molecule has 5 nitrogen and oxygen atoms in total. The Labute approximate surface area is 93.3 Å². The van der Waals surface area contributed by atoms with Crippen LogP contribution < -0.4 is 0 Å². The van der Waals surface area contributed by atoms with Crippen molar-refractivity contribution >= 4 is 11.9 Å². The number of esters is 2. The second-order valence-electron chi connectivity index (χ2n) is 3.39. The highest BCUT2D eigenvalue weighted by atomic mass is 16.5. The maximum Gasteiger partial charge on any atom is 0.333 e. The van der Waals surface area contributed by atoms with E-state index in [1.54, 1.807) is 6.08 Å². The summed E-state index contributed by atoms with van der Waals surface area (Å²) in [6.45, 7) is -0.228. The Kier molecular flexibility index (Phi) is 4.25. The molecule has 16 heavy (non-hydrogen) atoms. The van der Waals surface area contributed by atoms with Crippen LogP contribution in [0.1, 0.15) is 6.42 Å². The maximum absolute atomic E-state index is 11.4. The third-order valence-electron chi connectivity index (χ3n) is 2.35. The van der Waals surface area contributed by atoms with Crippen molar-refractivity contribution in [2.24, 2.45) is 5.92 Å². The molecule has 0 saturated carbocycles. The van der Waals surface area contributed by atoms with Crippen LogP contribution in [0.15, 0.2) is 23.3 Å². The van der Waals surface area contributed by atoms with Crippen LogP contribution >= 0.6 is 0 Å². The lowest BCUT2D eigenvalue weighted by Gasteiger charge is -2.17. The summed E-state index contributed by atoms with van der Waals surface area (Å²) in [5.74, 6) is -1.46. The van der Waals surface area contributed by atoms with Crippen molar-refractivity contribution in [2.75, 3.05) is 20.8 Å². The summed E-state index contributed by atoms with van der Waals surface area (Å²) in [7, 11) is 2.55. The minimum Gasteiger partial charge on any atom is -0.469 e. The molecule has 0 radical (unpaired) electrons. The van der Waals surface area contributed by atoms with E-state index in [2.05, 4.69) is 9.47 Å². The topological polar surface area (TPSA) is 72.8 Å². The summed E-state index contributed by atoms with van der Waals surface area (Å²) in [5.41, 5.74) is 0.881. The first-order chi connectivity index (χ1) is 7.62. The Hall–Kier alpha value is -1.62. The van der Waals surface area contributed by atoms with Crippen LogP contribution in [0.25, 0.3) is 0 Å². The summed E-state index contributed by atoms with van der Waals surface area (Å²) in [5, 5.41) is 9.02. The average molecular weight is 226 g/mol. The monoisotopic (exact) mass is 226 g/mol. The molecule has 0 aromatic heterocycles. The van der Waals surface area contributed by atoms with E-state index in [-0.39, 0.29) is 13.0 Å². The third kappa shape index (κ3) is 2.70. The van der Waals surface area contributed by atoms with Gasteiger partial charge < -0.3 is 14.6 Å². The molecule has 1 aliphatic rings. The number of carbonyl (C=O) groups excluding carboxylic acids is 2. The fourth-order valence-electron chi connectivity index (χ4n) is 1.56. The molecule has 0 aliphatic heterocycles. The van der Waals surface area contributed by atoms with Crippen molar-refractivity contribution in [3.05, 3.63) is 23.3 Å². The van der Waals surface area contributed by atoms with Gasteiger partial charge in [0.2, 0.25) is 0 Å². The normalized spacial score (nSPS) is 19.6. The largest absolute Gasteiger partial charge is 0.469 e. The summed E-state index contributed by atoms with van der Waals surface area (Å²) in [4.78, 5) is 22.7. The number of aliphatic hydroxyl groups is 1. The lowest BCUT2D eigenvalue weighted by atomic mass is 9.90. The molecule has 1 unspecified atom stereocenters. The molecule has 88 valence electrons. The Bertz CT molecular complexity index is 353. The third-order valence-corrected chi connectivity index (χ3v) is 2.35. The fourth-order valence-corrected chi connectivity index (χ4v) is 1.56. The molecule has 0 aromatic carbocycles. The molecule has 1 atom stereocenters. The van der Waals surface area contributed by atoms with Gasteiger partial charge in [0.05, 0.1) is 26.7 Å². The summed E-state index contributed by atoms with van der Waals surface area (Å²) in [6.07, 6.45) is 3.37. The lowest BCUT2D eigenvalue weighted by Crippen LogP contribution is -2.21. The van der Waals surface area contributed by atoms with Gasteiger partial charge in [0, 0.05) is 5.57 Å². The molecular formula is C11H14O5. The first-order valence-corrected chi connectivity index (χ1v) is 4.80. The van der Waals surface area contributed by atoms with Crippen molar-refractivity contribution in [3.8, 4) is 0 Å². The van der Waals surface area contributed by atoms with E-state index in [9.17, 15) is 9.59 Å². The molecule has 1 rings (SSSR count).